The zero-order valence-electron chi connectivity index (χ0n) is 10.2. The fraction of sp³-hybridized carbons (Fsp3) is 0. The Balaban J connectivity index is 2.39. The lowest BCUT2D eigenvalue weighted by molar-refractivity contribution is -0.113. The number of primary amides is 1. The number of carbonyl (C=O) groups excluding carboxylic acids is 1. The Morgan fingerprint density at radius 1 is 1.25 bits per heavy atom. The number of carboxylic acid groups (broad SMARTS) is 1. The molecule has 0 unspecified atom stereocenters. The number of rotatable bonds is 4. The number of halogens is 1. The van der Waals surface area contributed by atoms with Crippen LogP contribution in [0.2, 0.25) is 5.02 Å². The highest BCUT2D eigenvalue weighted by Gasteiger charge is 2.11. The average Bonchev–Trinajstić information content (AvgIpc) is 2.85. The number of hydrogen-bond donors (Lipinski definition) is 2. The van der Waals surface area contributed by atoms with Gasteiger partial charge in [-0.25, -0.2) is 4.79 Å². The summed E-state index contributed by atoms with van der Waals surface area (Å²) in [6.45, 7) is 0. The molecule has 2 aromatic rings. The van der Waals surface area contributed by atoms with Crippen molar-refractivity contribution in [3.8, 4) is 11.3 Å². The number of benzene rings is 1. The van der Waals surface area contributed by atoms with Gasteiger partial charge in [0.25, 0.3) is 0 Å². The lowest BCUT2D eigenvalue weighted by atomic mass is 10.1. The molecule has 0 saturated heterocycles. The fourth-order valence-electron chi connectivity index (χ4n) is 1.60. The van der Waals surface area contributed by atoms with Crippen molar-refractivity contribution in [1.29, 1.82) is 0 Å². The second-order valence-electron chi connectivity index (χ2n) is 3.94. The second-order valence-corrected chi connectivity index (χ2v) is 4.34. The number of nitrogens with two attached hydrogens (primary N) is 1. The van der Waals surface area contributed by atoms with Gasteiger partial charge in [0, 0.05) is 11.6 Å². The van der Waals surface area contributed by atoms with Crippen LogP contribution in [0.4, 0.5) is 0 Å². The third-order valence-electron chi connectivity index (χ3n) is 2.52. The maximum Gasteiger partial charge on any atom is 0.335 e. The molecule has 1 amide bonds. The molecule has 0 bridgehead atoms. The summed E-state index contributed by atoms with van der Waals surface area (Å²) < 4.78 is 5.46. The molecule has 2 rings (SSSR count). The Hall–Kier alpha value is -2.53. The van der Waals surface area contributed by atoms with Crippen LogP contribution in [0.15, 0.2) is 40.8 Å². The summed E-state index contributed by atoms with van der Waals surface area (Å²) in [4.78, 5) is 21.6. The van der Waals surface area contributed by atoms with E-state index in [0.717, 1.165) is 6.08 Å². The summed E-state index contributed by atoms with van der Waals surface area (Å²) in [6, 6.07) is 7.57. The SMILES string of the molecule is NC(=O)/C=C\c1ccc(-c2cc(C(=O)O)ccc2Cl)o1. The fourth-order valence-corrected chi connectivity index (χ4v) is 1.81. The summed E-state index contributed by atoms with van der Waals surface area (Å²) in [5, 5.41) is 9.33. The average molecular weight is 292 g/mol. The van der Waals surface area contributed by atoms with E-state index in [1.807, 2.05) is 0 Å². The van der Waals surface area contributed by atoms with Crippen LogP contribution >= 0.6 is 11.6 Å². The summed E-state index contributed by atoms with van der Waals surface area (Å²) >= 11 is 6.03. The topological polar surface area (TPSA) is 93.5 Å². The maximum absolute atomic E-state index is 10.9. The van der Waals surface area contributed by atoms with Crippen LogP contribution in [0, 0.1) is 0 Å². The van der Waals surface area contributed by atoms with Gasteiger partial charge in [-0.15, -0.1) is 0 Å². The van der Waals surface area contributed by atoms with E-state index in [0.29, 0.717) is 22.1 Å². The normalized spacial score (nSPS) is 10.8. The maximum atomic E-state index is 10.9. The van der Waals surface area contributed by atoms with E-state index in [9.17, 15) is 9.59 Å². The Labute approximate surface area is 119 Å². The number of amides is 1. The van der Waals surface area contributed by atoms with Crippen molar-refractivity contribution in [2.24, 2.45) is 5.73 Å². The van der Waals surface area contributed by atoms with Crippen molar-refractivity contribution in [1.82, 2.24) is 0 Å². The van der Waals surface area contributed by atoms with E-state index in [1.165, 1.54) is 24.3 Å². The van der Waals surface area contributed by atoms with E-state index in [-0.39, 0.29) is 5.56 Å². The van der Waals surface area contributed by atoms with Gasteiger partial charge >= 0.3 is 5.97 Å². The first-order valence-corrected chi connectivity index (χ1v) is 5.96. The standard InChI is InChI=1S/C14H10ClNO4/c15-11-4-1-8(14(18)19)7-10(11)12-5-2-9(20-12)3-6-13(16)17/h1-7H,(H2,16,17)(H,18,19)/b6-3-. The molecule has 0 radical (unpaired) electrons. The van der Waals surface area contributed by atoms with E-state index >= 15 is 0 Å². The molecule has 1 heterocycles. The van der Waals surface area contributed by atoms with Crippen LogP contribution in [0.1, 0.15) is 16.1 Å². The molecule has 0 aliphatic rings. The minimum atomic E-state index is -1.05. The second kappa shape index (κ2) is 5.63. The Kier molecular flexibility index (Phi) is 3.91. The first-order chi connectivity index (χ1) is 9.47. The third kappa shape index (κ3) is 3.07. The van der Waals surface area contributed by atoms with Crippen molar-refractivity contribution in [2.45, 2.75) is 0 Å². The van der Waals surface area contributed by atoms with E-state index in [4.69, 9.17) is 26.9 Å². The Bertz CT molecular complexity index is 703. The minimum Gasteiger partial charge on any atom is -0.478 e. The first kappa shape index (κ1) is 13.9. The van der Waals surface area contributed by atoms with Crippen molar-refractivity contribution in [3.63, 3.8) is 0 Å². The highest BCUT2D eigenvalue weighted by Crippen LogP contribution is 2.30. The molecular formula is C14H10ClNO4. The summed E-state index contributed by atoms with van der Waals surface area (Å²) in [6.07, 6.45) is 2.58. The van der Waals surface area contributed by atoms with Gasteiger partial charge in [-0.3, -0.25) is 4.79 Å². The smallest absolute Gasteiger partial charge is 0.335 e. The highest BCUT2D eigenvalue weighted by atomic mass is 35.5. The number of carboxylic acids is 1. The zero-order valence-corrected chi connectivity index (χ0v) is 10.9. The molecule has 1 aromatic carbocycles. The van der Waals surface area contributed by atoms with Crippen LogP contribution in [0.5, 0.6) is 0 Å². The number of furan rings is 1. The Morgan fingerprint density at radius 2 is 2.00 bits per heavy atom. The summed E-state index contributed by atoms with van der Waals surface area (Å²) in [7, 11) is 0. The monoisotopic (exact) mass is 291 g/mol. The van der Waals surface area contributed by atoms with Crippen molar-refractivity contribution in [3.05, 3.63) is 52.8 Å². The number of hydrogen-bond acceptors (Lipinski definition) is 3. The van der Waals surface area contributed by atoms with Gasteiger partial charge < -0.3 is 15.3 Å². The summed E-state index contributed by atoms with van der Waals surface area (Å²) in [5.74, 6) is -0.824. The van der Waals surface area contributed by atoms with E-state index < -0.39 is 11.9 Å². The van der Waals surface area contributed by atoms with Crippen LogP contribution in [0.25, 0.3) is 17.4 Å². The van der Waals surface area contributed by atoms with Crippen LogP contribution in [-0.2, 0) is 4.79 Å². The van der Waals surface area contributed by atoms with Gasteiger partial charge in [0.1, 0.15) is 11.5 Å². The van der Waals surface area contributed by atoms with Gasteiger partial charge in [-0.05, 0) is 36.4 Å². The number of aromatic carboxylic acids is 1. The first-order valence-electron chi connectivity index (χ1n) is 5.58. The Morgan fingerprint density at radius 3 is 2.65 bits per heavy atom. The predicted molar refractivity (Wildman–Crippen MR) is 74.3 cm³/mol. The third-order valence-corrected chi connectivity index (χ3v) is 2.85. The van der Waals surface area contributed by atoms with Crippen molar-refractivity contribution in [2.75, 3.05) is 0 Å². The van der Waals surface area contributed by atoms with Gasteiger partial charge in [-0.2, -0.15) is 0 Å². The lowest BCUT2D eigenvalue weighted by Crippen LogP contribution is -2.04. The van der Waals surface area contributed by atoms with Gasteiger partial charge in [0.05, 0.1) is 10.6 Å². The molecule has 0 aliphatic carbocycles. The van der Waals surface area contributed by atoms with E-state index in [2.05, 4.69) is 0 Å². The molecule has 0 aliphatic heterocycles. The van der Waals surface area contributed by atoms with Crippen molar-refractivity contribution < 1.29 is 19.1 Å². The molecule has 102 valence electrons. The molecule has 0 saturated carbocycles. The molecule has 5 nitrogen and oxygen atoms in total. The van der Waals surface area contributed by atoms with Crippen molar-refractivity contribution >= 4 is 29.6 Å². The van der Waals surface area contributed by atoms with Crippen LogP contribution < -0.4 is 5.73 Å². The minimum absolute atomic E-state index is 0.107. The van der Waals surface area contributed by atoms with Crippen LogP contribution in [0.3, 0.4) is 0 Å². The zero-order chi connectivity index (χ0) is 14.7. The number of carbonyl (C=O) groups is 2. The van der Waals surface area contributed by atoms with Gasteiger partial charge in [0.2, 0.25) is 5.91 Å². The molecule has 20 heavy (non-hydrogen) atoms. The molecule has 0 atom stereocenters. The molecule has 1 aromatic heterocycles. The quantitative estimate of drug-likeness (QED) is 0.847. The van der Waals surface area contributed by atoms with Gasteiger partial charge in [0.15, 0.2) is 0 Å². The largest absolute Gasteiger partial charge is 0.478 e. The lowest BCUT2D eigenvalue weighted by Gasteiger charge is -2.02. The molecular weight excluding hydrogens is 282 g/mol. The predicted octanol–water partition coefficient (Wildman–Crippen LogP) is 2.80. The molecule has 0 fully saturated rings. The van der Waals surface area contributed by atoms with E-state index in [1.54, 1.807) is 12.1 Å². The van der Waals surface area contributed by atoms with Crippen LogP contribution in [-0.4, -0.2) is 17.0 Å². The summed E-state index contributed by atoms with van der Waals surface area (Å²) in [5.41, 5.74) is 5.55. The highest BCUT2D eigenvalue weighted by molar-refractivity contribution is 6.33. The molecule has 3 N–H and O–H groups in total. The molecule has 0 spiro atoms. The van der Waals surface area contributed by atoms with Gasteiger partial charge in [-0.1, -0.05) is 11.6 Å². The molecule has 6 heteroatoms.